The predicted octanol–water partition coefficient (Wildman–Crippen LogP) is 3.14. The summed E-state index contributed by atoms with van der Waals surface area (Å²) in [4.78, 5) is 32.9. The summed E-state index contributed by atoms with van der Waals surface area (Å²) >= 11 is 1.40. The highest BCUT2D eigenvalue weighted by Gasteiger charge is 2.23. The van der Waals surface area contributed by atoms with Crippen LogP contribution in [0.3, 0.4) is 0 Å². The van der Waals surface area contributed by atoms with E-state index in [-0.39, 0.29) is 16.5 Å². The summed E-state index contributed by atoms with van der Waals surface area (Å²) in [7, 11) is 0. The molecule has 1 aromatic carbocycles. The number of fused-ring (bicyclic) bond motifs is 1. The highest BCUT2D eigenvalue weighted by molar-refractivity contribution is 7.15. The van der Waals surface area contributed by atoms with Crippen LogP contribution in [0.1, 0.15) is 36.8 Å². The Balaban J connectivity index is 1.58. The summed E-state index contributed by atoms with van der Waals surface area (Å²) in [5, 5.41) is 4.74. The number of benzene rings is 1. The molecule has 8 heteroatoms. The topological polar surface area (TPSA) is 75.9 Å². The SMILES string of the molecule is CC(C)(C)c1csc2ncc(C(=O)Nc3ccc(N4CCOCC4)cc3)c(=O)n12. The number of carbonyl (C=O) groups is 1. The molecule has 3 aromatic rings. The number of nitrogens with one attached hydrogen (secondary N) is 1. The van der Waals surface area contributed by atoms with Crippen molar-refractivity contribution in [1.29, 1.82) is 0 Å². The summed E-state index contributed by atoms with van der Waals surface area (Å²) in [5.74, 6) is -0.456. The van der Waals surface area contributed by atoms with Crippen molar-refractivity contribution in [2.24, 2.45) is 0 Å². The third-order valence-corrected chi connectivity index (χ3v) is 5.80. The molecule has 0 aliphatic carbocycles. The number of thiazole rings is 1. The Morgan fingerprint density at radius 3 is 2.52 bits per heavy atom. The van der Waals surface area contributed by atoms with E-state index < -0.39 is 5.91 Å². The molecule has 1 aliphatic heterocycles. The van der Waals surface area contributed by atoms with Gasteiger partial charge in [-0.3, -0.25) is 14.0 Å². The maximum atomic E-state index is 13.0. The van der Waals surface area contributed by atoms with E-state index in [2.05, 4.69) is 15.2 Å². The Bertz CT molecular complexity index is 1090. The van der Waals surface area contributed by atoms with Gasteiger partial charge in [-0.1, -0.05) is 20.8 Å². The maximum absolute atomic E-state index is 13.0. The first-order valence-corrected chi connectivity index (χ1v) is 10.5. The minimum absolute atomic E-state index is 0.0312. The highest BCUT2D eigenvalue weighted by atomic mass is 32.1. The number of ether oxygens (including phenoxy) is 1. The van der Waals surface area contributed by atoms with Crippen LogP contribution >= 0.6 is 11.3 Å². The average Bonchev–Trinajstić information content (AvgIpc) is 3.15. The molecule has 2 aromatic heterocycles. The Hall–Kier alpha value is -2.71. The van der Waals surface area contributed by atoms with Crippen molar-refractivity contribution in [2.45, 2.75) is 26.2 Å². The highest BCUT2D eigenvalue weighted by Crippen LogP contribution is 2.26. The molecule has 0 atom stereocenters. The number of nitrogens with zero attached hydrogens (tertiary/aromatic N) is 3. The lowest BCUT2D eigenvalue weighted by molar-refractivity contribution is 0.102. The van der Waals surface area contributed by atoms with Crippen LogP contribution in [0, 0.1) is 0 Å². The van der Waals surface area contributed by atoms with Gasteiger partial charge < -0.3 is 15.0 Å². The van der Waals surface area contributed by atoms with Gasteiger partial charge in [0.1, 0.15) is 5.56 Å². The van der Waals surface area contributed by atoms with Crippen molar-refractivity contribution in [3.63, 3.8) is 0 Å². The van der Waals surface area contributed by atoms with Crippen LogP contribution in [0.15, 0.2) is 40.6 Å². The molecule has 1 amide bonds. The number of anilines is 2. The number of amides is 1. The summed E-state index contributed by atoms with van der Waals surface area (Å²) < 4.78 is 6.92. The Morgan fingerprint density at radius 1 is 1.17 bits per heavy atom. The van der Waals surface area contributed by atoms with E-state index in [1.807, 2.05) is 50.4 Å². The molecule has 0 radical (unpaired) electrons. The van der Waals surface area contributed by atoms with Gasteiger partial charge in [-0.15, -0.1) is 11.3 Å². The lowest BCUT2D eigenvalue weighted by Gasteiger charge is -2.28. The van der Waals surface area contributed by atoms with Crippen molar-refractivity contribution in [2.75, 3.05) is 36.5 Å². The van der Waals surface area contributed by atoms with Gasteiger partial charge in [0.15, 0.2) is 4.96 Å². The standard InChI is InChI=1S/C21H24N4O3S/c1-21(2,3)17-13-29-20-22-12-16(19(27)25(17)20)18(26)23-14-4-6-15(7-5-14)24-8-10-28-11-9-24/h4-7,12-13H,8-11H2,1-3H3,(H,23,26). The van der Waals surface area contributed by atoms with E-state index in [0.717, 1.165) is 37.7 Å². The fourth-order valence-corrected chi connectivity index (χ4v) is 4.42. The molecular weight excluding hydrogens is 388 g/mol. The number of hydrogen-bond acceptors (Lipinski definition) is 6. The Kier molecular flexibility index (Phi) is 5.14. The quantitative estimate of drug-likeness (QED) is 0.715. The molecule has 1 aliphatic rings. The predicted molar refractivity (Wildman–Crippen MR) is 115 cm³/mol. The monoisotopic (exact) mass is 412 g/mol. The Labute approximate surface area is 173 Å². The molecule has 4 rings (SSSR count). The van der Waals surface area contributed by atoms with Crippen molar-refractivity contribution in [1.82, 2.24) is 9.38 Å². The number of carbonyl (C=O) groups excluding carboxylic acids is 1. The van der Waals surface area contributed by atoms with E-state index in [1.165, 1.54) is 17.5 Å². The van der Waals surface area contributed by atoms with E-state index in [4.69, 9.17) is 4.74 Å². The van der Waals surface area contributed by atoms with Gasteiger partial charge in [0.05, 0.1) is 13.2 Å². The summed E-state index contributed by atoms with van der Waals surface area (Å²) in [6.07, 6.45) is 1.36. The Morgan fingerprint density at radius 2 is 1.86 bits per heavy atom. The van der Waals surface area contributed by atoms with Gasteiger partial charge >= 0.3 is 0 Å². The number of rotatable bonds is 3. The zero-order chi connectivity index (χ0) is 20.6. The van der Waals surface area contributed by atoms with Crippen LogP contribution < -0.4 is 15.8 Å². The maximum Gasteiger partial charge on any atom is 0.271 e. The third kappa shape index (κ3) is 3.90. The second-order valence-electron chi connectivity index (χ2n) is 8.07. The van der Waals surface area contributed by atoms with Crippen molar-refractivity contribution in [3.8, 4) is 0 Å². The van der Waals surface area contributed by atoms with Crippen LogP contribution in [-0.2, 0) is 10.2 Å². The van der Waals surface area contributed by atoms with Gasteiger partial charge in [-0.05, 0) is 24.3 Å². The van der Waals surface area contributed by atoms with E-state index >= 15 is 0 Å². The molecule has 29 heavy (non-hydrogen) atoms. The van der Waals surface area contributed by atoms with Crippen molar-refractivity contribution >= 4 is 33.6 Å². The molecule has 1 saturated heterocycles. The normalized spacial score (nSPS) is 14.9. The summed E-state index contributed by atoms with van der Waals surface area (Å²) in [6, 6.07) is 7.62. The minimum Gasteiger partial charge on any atom is -0.378 e. The second kappa shape index (κ2) is 7.61. The van der Waals surface area contributed by atoms with E-state index in [0.29, 0.717) is 10.6 Å². The molecule has 1 fully saturated rings. The van der Waals surface area contributed by atoms with E-state index in [9.17, 15) is 9.59 Å². The zero-order valence-electron chi connectivity index (χ0n) is 16.8. The van der Waals surface area contributed by atoms with Crippen LogP contribution in [-0.4, -0.2) is 41.6 Å². The fourth-order valence-electron chi connectivity index (χ4n) is 3.34. The fraction of sp³-hybridized carbons (Fsp3) is 0.381. The lowest BCUT2D eigenvalue weighted by atomic mass is 9.93. The van der Waals surface area contributed by atoms with Gasteiger partial charge in [0.25, 0.3) is 11.5 Å². The van der Waals surface area contributed by atoms with Crippen LogP contribution in [0.2, 0.25) is 0 Å². The molecule has 0 unspecified atom stereocenters. The molecule has 0 saturated carbocycles. The third-order valence-electron chi connectivity index (χ3n) is 4.96. The lowest BCUT2D eigenvalue weighted by Crippen LogP contribution is -2.36. The zero-order valence-corrected chi connectivity index (χ0v) is 17.6. The van der Waals surface area contributed by atoms with Gasteiger partial charge in [0, 0.05) is 47.2 Å². The first-order valence-electron chi connectivity index (χ1n) is 9.58. The molecule has 1 N–H and O–H groups in total. The van der Waals surface area contributed by atoms with Crippen LogP contribution in [0.4, 0.5) is 11.4 Å². The molecule has 0 spiro atoms. The first kappa shape index (κ1) is 19.6. The average molecular weight is 413 g/mol. The minimum atomic E-state index is -0.456. The van der Waals surface area contributed by atoms with Crippen molar-refractivity contribution < 1.29 is 9.53 Å². The van der Waals surface area contributed by atoms with Crippen molar-refractivity contribution in [3.05, 3.63) is 57.5 Å². The first-order chi connectivity index (χ1) is 13.8. The summed E-state index contributed by atoms with van der Waals surface area (Å²) in [5.41, 5.74) is 2.03. The second-order valence-corrected chi connectivity index (χ2v) is 8.90. The smallest absolute Gasteiger partial charge is 0.271 e. The van der Waals surface area contributed by atoms with Crippen LogP contribution in [0.25, 0.3) is 4.96 Å². The number of hydrogen-bond donors (Lipinski definition) is 1. The van der Waals surface area contributed by atoms with Gasteiger partial charge in [0.2, 0.25) is 0 Å². The van der Waals surface area contributed by atoms with E-state index in [1.54, 1.807) is 4.40 Å². The van der Waals surface area contributed by atoms with Gasteiger partial charge in [-0.25, -0.2) is 4.98 Å². The van der Waals surface area contributed by atoms with Crippen LogP contribution in [0.5, 0.6) is 0 Å². The molecule has 7 nitrogen and oxygen atoms in total. The largest absolute Gasteiger partial charge is 0.378 e. The van der Waals surface area contributed by atoms with Gasteiger partial charge in [-0.2, -0.15) is 0 Å². The molecular formula is C21H24N4O3S. The molecule has 0 bridgehead atoms. The number of morpholine rings is 1. The summed E-state index contributed by atoms with van der Waals surface area (Å²) in [6.45, 7) is 9.24. The number of aromatic nitrogens is 2. The molecule has 152 valence electrons. The molecule has 3 heterocycles.